The zero-order chi connectivity index (χ0) is 12.4. The van der Waals surface area contributed by atoms with Crippen molar-refractivity contribution in [1.82, 2.24) is 0 Å². The fraction of sp³-hybridized carbons (Fsp3) is 0.533. The molecule has 0 saturated carbocycles. The summed E-state index contributed by atoms with van der Waals surface area (Å²) in [5.41, 5.74) is 2.02. The van der Waals surface area contributed by atoms with Crippen molar-refractivity contribution >= 4 is 5.78 Å². The van der Waals surface area contributed by atoms with Gasteiger partial charge >= 0.3 is 0 Å². The van der Waals surface area contributed by atoms with Crippen molar-refractivity contribution < 1.29 is 14.3 Å². The third kappa shape index (κ3) is 2.41. The van der Waals surface area contributed by atoms with Gasteiger partial charge in [0.1, 0.15) is 11.9 Å². The van der Waals surface area contributed by atoms with E-state index in [1.807, 2.05) is 18.2 Å². The fourth-order valence-corrected chi connectivity index (χ4v) is 2.69. The molecule has 0 bridgehead atoms. The third-order valence-electron chi connectivity index (χ3n) is 3.65. The van der Waals surface area contributed by atoms with E-state index in [0.717, 1.165) is 49.2 Å². The minimum atomic E-state index is 0.163. The predicted octanol–water partition coefficient (Wildman–Crippen LogP) is 2.76. The first kappa shape index (κ1) is 11.7. The van der Waals surface area contributed by atoms with Crippen LogP contribution in [0.1, 0.15) is 41.6 Å². The van der Waals surface area contributed by atoms with Gasteiger partial charge in [0.25, 0.3) is 0 Å². The topological polar surface area (TPSA) is 35.5 Å². The van der Waals surface area contributed by atoms with Crippen LogP contribution in [-0.2, 0) is 11.2 Å². The van der Waals surface area contributed by atoms with Crippen LogP contribution >= 0.6 is 0 Å². The Morgan fingerprint density at radius 1 is 1.22 bits per heavy atom. The van der Waals surface area contributed by atoms with E-state index in [2.05, 4.69) is 0 Å². The second-order valence-corrected chi connectivity index (χ2v) is 5.05. The summed E-state index contributed by atoms with van der Waals surface area (Å²) in [5.74, 6) is 1.14. The van der Waals surface area contributed by atoms with Gasteiger partial charge in [0.15, 0.2) is 5.78 Å². The molecule has 3 heteroatoms. The van der Waals surface area contributed by atoms with E-state index in [9.17, 15) is 4.79 Å². The first-order valence-corrected chi connectivity index (χ1v) is 6.73. The molecule has 1 aromatic carbocycles. The molecule has 0 radical (unpaired) electrons. The van der Waals surface area contributed by atoms with Crippen molar-refractivity contribution in [2.24, 2.45) is 0 Å². The summed E-state index contributed by atoms with van der Waals surface area (Å²) in [4.78, 5) is 11.7. The molecular formula is C15H18O3. The Balaban J connectivity index is 1.75. The number of hydrogen-bond donors (Lipinski definition) is 0. The molecule has 0 amide bonds. The zero-order valence-corrected chi connectivity index (χ0v) is 10.5. The molecule has 0 aromatic heterocycles. The Hall–Kier alpha value is -1.35. The van der Waals surface area contributed by atoms with Gasteiger partial charge in [-0.1, -0.05) is 0 Å². The quantitative estimate of drug-likeness (QED) is 0.805. The molecule has 1 aromatic rings. The number of carbonyl (C=O) groups is 1. The highest BCUT2D eigenvalue weighted by Gasteiger charge is 2.19. The third-order valence-corrected chi connectivity index (χ3v) is 3.65. The van der Waals surface area contributed by atoms with Crippen LogP contribution in [0.15, 0.2) is 18.2 Å². The second kappa shape index (κ2) is 5.11. The summed E-state index contributed by atoms with van der Waals surface area (Å²) in [6.45, 7) is 1.52. The standard InChI is InChI=1S/C15H18O3/c16-15-5-1-3-11-9-12(6-7-14(11)15)18-13-4-2-8-17-10-13/h6-7,9,13H,1-5,8,10H2. The lowest BCUT2D eigenvalue weighted by Gasteiger charge is -2.24. The van der Waals surface area contributed by atoms with Crippen molar-refractivity contribution in [3.8, 4) is 5.75 Å². The van der Waals surface area contributed by atoms with Gasteiger partial charge in [0.05, 0.1) is 6.61 Å². The number of carbonyl (C=O) groups excluding carboxylic acids is 1. The van der Waals surface area contributed by atoms with Gasteiger partial charge in [-0.05, 0) is 49.4 Å². The summed E-state index contributed by atoms with van der Waals surface area (Å²) in [6, 6.07) is 5.85. The lowest BCUT2D eigenvalue weighted by Crippen LogP contribution is -2.28. The summed E-state index contributed by atoms with van der Waals surface area (Å²) < 4.78 is 11.3. The summed E-state index contributed by atoms with van der Waals surface area (Å²) >= 11 is 0. The second-order valence-electron chi connectivity index (χ2n) is 5.05. The van der Waals surface area contributed by atoms with Crippen molar-refractivity contribution in [2.45, 2.75) is 38.2 Å². The molecule has 2 aliphatic rings. The van der Waals surface area contributed by atoms with Crippen LogP contribution in [0.2, 0.25) is 0 Å². The molecule has 1 unspecified atom stereocenters. The van der Waals surface area contributed by atoms with Crippen LogP contribution in [0.25, 0.3) is 0 Å². The normalized spacial score (nSPS) is 23.6. The van der Waals surface area contributed by atoms with Crippen molar-refractivity contribution in [3.63, 3.8) is 0 Å². The molecule has 3 rings (SSSR count). The van der Waals surface area contributed by atoms with E-state index < -0.39 is 0 Å². The molecule has 18 heavy (non-hydrogen) atoms. The maximum Gasteiger partial charge on any atom is 0.163 e. The SMILES string of the molecule is O=C1CCCc2cc(OC3CCCOC3)ccc21. The number of benzene rings is 1. The van der Waals surface area contributed by atoms with Gasteiger partial charge in [-0.2, -0.15) is 0 Å². The van der Waals surface area contributed by atoms with Gasteiger partial charge in [0.2, 0.25) is 0 Å². The predicted molar refractivity (Wildman–Crippen MR) is 68.2 cm³/mol. The Morgan fingerprint density at radius 2 is 2.17 bits per heavy atom. The van der Waals surface area contributed by atoms with Crippen molar-refractivity contribution in [1.29, 1.82) is 0 Å². The highest BCUT2D eigenvalue weighted by atomic mass is 16.5. The van der Waals surface area contributed by atoms with Crippen LogP contribution in [0, 0.1) is 0 Å². The number of ether oxygens (including phenoxy) is 2. The molecule has 0 N–H and O–H groups in total. The molecule has 1 saturated heterocycles. The summed E-state index contributed by atoms with van der Waals surface area (Å²) in [6.07, 6.45) is 4.91. The number of Topliss-reactive ketones (excluding diaryl/α,β-unsaturated/α-hetero) is 1. The minimum absolute atomic E-state index is 0.163. The van der Waals surface area contributed by atoms with Crippen LogP contribution in [-0.4, -0.2) is 25.1 Å². The van der Waals surface area contributed by atoms with E-state index >= 15 is 0 Å². The van der Waals surface area contributed by atoms with E-state index in [-0.39, 0.29) is 11.9 Å². The van der Waals surface area contributed by atoms with Gasteiger partial charge in [-0.3, -0.25) is 4.79 Å². The van der Waals surface area contributed by atoms with E-state index in [0.29, 0.717) is 13.0 Å². The largest absolute Gasteiger partial charge is 0.488 e. The van der Waals surface area contributed by atoms with Gasteiger partial charge < -0.3 is 9.47 Å². The molecule has 1 heterocycles. The highest BCUT2D eigenvalue weighted by molar-refractivity contribution is 5.98. The van der Waals surface area contributed by atoms with Crippen LogP contribution in [0.4, 0.5) is 0 Å². The molecular weight excluding hydrogens is 228 g/mol. The average molecular weight is 246 g/mol. The summed E-state index contributed by atoms with van der Waals surface area (Å²) in [5, 5.41) is 0. The molecule has 0 spiro atoms. The number of rotatable bonds is 2. The Kier molecular flexibility index (Phi) is 3.33. The van der Waals surface area contributed by atoms with E-state index in [1.165, 1.54) is 0 Å². The smallest absolute Gasteiger partial charge is 0.163 e. The zero-order valence-electron chi connectivity index (χ0n) is 10.5. The number of ketones is 1. The van der Waals surface area contributed by atoms with Gasteiger partial charge in [0, 0.05) is 18.6 Å². The average Bonchev–Trinajstić information content (AvgIpc) is 2.40. The van der Waals surface area contributed by atoms with Crippen molar-refractivity contribution in [3.05, 3.63) is 29.3 Å². The first-order chi connectivity index (χ1) is 8.83. The lowest BCUT2D eigenvalue weighted by atomic mass is 9.90. The van der Waals surface area contributed by atoms with Gasteiger partial charge in [-0.15, -0.1) is 0 Å². The van der Waals surface area contributed by atoms with Crippen LogP contribution in [0.5, 0.6) is 5.75 Å². The molecule has 1 aliphatic heterocycles. The van der Waals surface area contributed by atoms with Crippen molar-refractivity contribution in [2.75, 3.05) is 13.2 Å². The highest BCUT2D eigenvalue weighted by Crippen LogP contribution is 2.26. The fourth-order valence-electron chi connectivity index (χ4n) is 2.69. The van der Waals surface area contributed by atoms with Gasteiger partial charge in [-0.25, -0.2) is 0 Å². The maximum absolute atomic E-state index is 11.7. The Morgan fingerprint density at radius 3 is 3.00 bits per heavy atom. The molecule has 1 atom stereocenters. The molecule has 96 valence electrons. The molecule has 3 nitrogen and oxygen atoms in total. The molecule has 1 fully saturated rings. The van der Waals surface area contributed by atoms with E-state index in [1.54, 1.807) is 0 Å². The Labute approximate surface area is 107 Å². The van der Waals surface area contributed by atoms with Crippen LogP contribution < -0.4 is 4.74 Å². The lowest BCUT2D eigenvalue weighted by molar-refractivity contribution is 0.00739. The first-order valence-electron chi connectivity index (χ1n) is 6.73. The van der Waals surface area contributed by atoms with E-state index in [4.69, 9.17) is 9.47 Å². The monoisotopic (exact) mass is 246 g/mol. The number of hydrogen-bond acceptors (Lipinski definition) is 3. The molecule has 1 aliphatic carbocycles. The number of aryl methyl sites for hydroxylation is 1. The van der Waals surface area contributed by atoms with Crippen LogP contribution in [0.3, 0.4) is 0 Å². The minimum Gasteiger partial charge on any atom is -0.488 e. The Bertz CT molecular complexity index is 447. The maximum atomic E-state index is 11.7. The summed E-state index contributed by atoms with van der Waals surface area (Å²) in [7, 11) is 0. The number of fused-ring (bicyclic) bond motifs is 1.